The Labute approximate surface area is 131 Å². The van der Waals surface area contributed by atoms with Crippen molar-refractivity contribution in [2.45, 2.75) is 78.6 Å². The quantitative estimate of drug-likeness (QED) is 0.459. The summed E-state index contributed by atoms with van der Waals surface area (Å²) in [5.74, 6) is 2.94. The molecule has 0 aromatic carbocycles. The fraction of sp³-hybridized carbons (Fsp3) is 0.810. The van der Waals surface area contributed by atoms with E-state index in [1.807, 2.05) is 5.57 Å². The molecule has 3 saturated carbocycles. The van der Waals surface area contributed by atoms with Crippen LogP contribution in [0.4, 0.5) is 0 Å². The largest absolute Gasteiger partial charge is 0.0879 e. The maximum Gasteiger partial charge on any atom is -0.00852 e. The first-order chi connectivity index (χ1) is 10.1. The molecule has 0 heterocycles. The van der Waals surface area contributed by atoms with Gasteiger partial charge in [-0.2, -0.15) is 0 Å². The van der Waals surface area contributed by atoms with Gasteiger partial charge in [-0.1, -0.05) is 43.6 Å². The smallest absolute Gasteiger partial charge is 0.00852 e. The zero-order valence-electron chi connectivity index (χ0n) is 14.3. The van der Waals surface area contributed by atoms with Gasteiger partial charge in [-0.15, -0.1) is 0 Å². The molecular weight excluding hydrogens is 252 g/mol. The molecule has 4 rings (SSSR count). The van der Waals surface area contributed by atoms with Crippen molar-refractivity contribution in [3.8, 4) is 0 Å². The van der Waals surface area contributed by atoms with Crippen molar-refractivity contribution >= 4 is 0 Å². The van der Waals surface area contributed by atoms with Crippen molar-refractivity contribution in [2.75, 3.05) is 0 Å². The molecule has 21 heavy (non-hydrogen) atoms. The Bertz CT molecular complexity index is 496. The van der Waals surface area contributed by atoms with Gasteiger partial charge in [0.1, 0.15) is 0 Å². The monoisotopic (exact) mass is 284 g/mol. The molecule has 0 bridgehead atoms. The molecule has 0 unspecified atom stereocenters. The maximum absolute atomic E-state index is 2.69. The molecule has 5 atom stereocenters. The van der Waals surface area contributed by atoms with Crippen LogP contribution in [-0.2, 0) is 0 Å². The van der Waals surface area contributed by atoms with Crippen molar-refractivity contribution in [1.82, 2.24) is 0 Å². The number of hydrogen-bond donors (Lipinski definition) is 0. The van der Waals surface area contributed by atoms with Crippen LogP contribution in [0.5, 0.6) is 0 Å². The highest BCUT2D eigenvalue weighted by atomic mass is 14.6. The van der Waals surface area contributed by atoms with E-state index in [0.717, 1.165) is 17.8 Å². The highest BCUT2D eigenvalue weighted by molar-refractivity contribution is 5.28. The Morgan fingerprint density at radius 3 is 2.62 bits per heavy atom. The second-order valence-electron chi connectivity index (χ2n) is 8.78. The van der Waals surface area contributed by atoms with Gasteiger partial charge in [0, 0.05) is 0 Å². The fourth-order valence-electron chi connectivity index (χ4n) is 7.02. The van der Waals surface area contributed by atoms with Crippen LogP contribution in [0.2, 0.25) is 0 Å². The van der Waals surface area contributed by atoms with Crippen LogP contribution in [0, 0.1) is 28.6 Å². The lowest BCUT2D eigenvalue weighted by Gasteiger charge is -2.57. The molecule has 0 heteroatoms. The van der Waals surface area contributed by atoms with Crippen molar-refractivity contribution in [3.05, 3.63) is 23.3 Å². The summed E-state index contributed by atoms with van der Waals surface area (Å²) in [7, 11) is 0. The number of rotatable bonds is 0. The van der Waals surface area contributed by atoms with Gasteiger partial charge < -0.3 is 0 Å². The summed E-state index contributed by atoms with van der Waals surface area (Å²) in [4.78, 5) is 0. The third kappa shape index (κ3) is 1.80. The standard InChI is InChI=1S/C21H32/c1-4-15-9-11-18-17-10-8-16-7-5-6-13-20(16,2)19(17)12-14-21(15,18)3/h4,8,17-19H,5-7,9-14H2,1-3H3/b15-4+/t17-,18-,19-,20-,21+/m0/s1. The normalized spacial score (nSPS) is 51.1. The van der Waals surface area contributed by atoms with Gasteiger partial charge in [-0.3, -0.25) is 0 Å². The minimum absolute atomic E-state index is 0.548. The Hall–Kier alpha value is -0.520. The molecule has 0 nitrogen and oxygen atoms in total. The van der Waals surface area contributed by atoms with Gasteiger partial charge in [0.15, 0.2) is 0 Å². The average molecular weight is 284 g/mol. The van der Waals surface area contributed by atoms with Crippen molar-refractivity contribution in [1.29, 1.82) is 0 Å². The zero-order valence-corrected chi connectivity index (χ0v) is 14.3. The SMILES string of the molecule is C/C=C1\CC[C@H]2[C@@H]3CC=C4CCCC[C@]4(C)[C@H]3CC[C@]12C. The Morgan fingerprint density at radius 1 is 1.00 bits per heavy atom. The molecule has 116 valence electrons. The highest BCUT2D eigenvalue weighted by Gasteiger charge is 2.56. The molecule has 3 fully saturated rings. The lowest BCUT2D eigenvalue weighted by atomic mass is 9.48. The number of hydrogen-bond acceptors (Lipinski definition) is 0. The first-order valence-electron chi connectivity index (χ1n) is 9.45. The minimum atomic E-state index is 0.548. The van der Waals surface area contributed by atoms with E-state index in [-0.39, 0.29) is 0 Å². The highest BCUT2D eigenvalue weighted by Crippen LogP contribution is 2.65. The number of allylic oxidation sites excluding steroid dienone is 4. The lowest BCUT2D eigenvalue weighted by Crippen LogP contribution is -2.48. The van der Waals surface area contributed by atoms with Crippen LogP contribution in [0.25, 0.3) is 0 Å². The van der Waals surface area contributed by atoms with Crippen molar-refractivity contribution < 1.29 is 0 Å². The van der Waals surface area contributed by atoms with Crippen molar-refractivity contribution in [3.63, 3.8) is 0 Å². The molecule has 0 amide bonds. The van der Waals surface area contributed by atoms with E-state index in [1.54, 1.807) is 5.57 Å². The molecule has 4 aliphatic carbocycles. The van der Waals surface area contributed by atoms with Gasteiger partial charge in [0.25, 0.3) is 0 Å². The lowest BCUT2D eigenvalue weighted by molar-refractivity contribution is -0.0136. The van der Waals surface area contributed by atoms with Crippen LogP contribution in [-0.4, -0.2) is 0 Å². The van der Waals surface area contributed by atoms with Crippen LogP contribution in [0.1, 0.15) is 78.6 Å². The van der Waals surface area contributed by atoms with Gasteiger partial charge >= 0.3 is 0 Å². The third-order valence-corrected chi connectivity index (χ3v) is 8.21. The first-order valence-corrected chi connectivity index (χ1v) is 9.45. The van der Waals surface area contributed by atoms with Crippen LogP contribution in [0.3, 0.4) is 0 Å². The second-order valence-corrected chi connectivity index (χ2v) is 8.78. The van der Waals surface area contributed by atoms with Crippen LogP contribution in [0.15, 0.2) is 23.3 Å². The molecule has 0 aliphatic heterocycles. The summed E-state index contributed by atoms with van der Waals surface area (Å²) in [6.45, 7) is 7.50. The molecule has 0 N–H and O–H groups in total. The predicted molar refractivity (Wildman–Crippen MR) is 90.1 cm³/mol. The van der Waals surface area contributed by atoms with Gasteiger partial charge in [-0.05, 0) is 86.9 Å². The van der Waals surface area contributed by atoms with E-state index < -0.39 is 0 Å². The summed E-state index contributed by atoms with van der Waals surface area (Å²) >= 11 is 0. The minimum Gasteiger partial charge on any atom is -0.0879 e. The Balaban J connectivity index is 1.70. The zero-order chi connectivity index (χ0) is 14.7. The van der Waals surface area contributed by atoms with Gasteiger partial charge in [-0.25, -0.2) is 0 Å². The summed E-state index contributed by atoms with van der Waals surface area (Å²) in [6, 6.07) is 0. The predicted octanol–water partition coefficient (Wildman–Crippen LogP) is 6.29. The summed E-state index contributed by atoms with van der Waals surface area (Å²) in [6.07, 6.45) is 18.1. The van der Waals surface area contributed by atoms with Crippen LogP contribution >= 0.6 is 0 Å². The summed E-state index contributed by atoms with van der Waals surface area (Å²) in [5.41, 5.74) is 4.75. The van der Waals surface area contributed by atoms with Gasteiger partial charge in [0.2, 0.25) is 0 Å². The van der Waals surface area contributed by atoms with E-state index in [9.17, 15) is 0 Å². The Morgan fingerprint density at radius 2 is 1.81 bits per heavy atom. The maximum atomic E-state index is 2.69. The van der Waals surface area contributed by atoms with Gasteiger partial charge in [0.05, 0.1) is 0 Å². The van der Waals surface area contributed by atoms with E-state index in [1.165, 1.54) is 57.8 Å². The van der Waals surface area contributed by atoms with E-state index >= 15 is 0 Å². The number of fused-ring (bicyclic) bond motifs is 5. The molecule has 0 spiro atoms. The topological polar surface area (TPSA) is 0 Å². The van der Waals surface area contributed by atoms with E-state index in [0.29, 0.717) is 10.8 Å². The average Bonchev–Trinajstić information content (AvgIpc) is 2.83. The molecule has 4 aliphatic rings. The van der Waals surface area contributed by atoms with Crippen molar-refractivity contribution in [2.24, 2.45) is 28.6 Å². The van der Waals surface area contributed by atoms with E-state index in [2.05, 4.69) is 32.9 Å². The molecule has 0 saturated heterocycles. The second kappa shape index (κ2) is 4.74. The Kier molecular flexibility index (Phi) is 3.18. The molecule has 0 aromatic heterocycles. The molecule has 0 aromatic rings. The first kappa shape index (κ1) is 14.1. The molecular formula is C21H32. The summed E-state index contributed by atoms with van der Waals surface area (Å²) in [5, 5.41) is 0. The third-order valence-electron chi connectivity index (χ3n) is 8.21. The molecule has 0 radical (unpaired) electrons. The van der Waals surface area contributed by atoms with Crippen LogP contribution < -0.4 is 0 Å². The van der Waals surface area contributed by atoms with E-state index in [4.69, 9.17) is 0 Å². The summed E-state index contributed by atoms with van der Waals surface area (Å²) < 4.78 is 0. The fourth-order valence-corrected chi connectivity index (χ4v) is 7.02.